The Bertz CT molecular complexity index is 773. The molecule has 3 rings (SSSR count). The van der Waals surface area contributed by atoms with Crippen LogP contribution in [0.15, 0.2) is 53.9 Å². The molecular formula is C17H14INO2S. The van der Waals surface area contributed by atoms with Crippen molar-refractivity contribution in [2.45, 2.75) is 6.61 Å². The van der Waals surface area contributed by atoms with E-state index in [9.17, 15) is 0 Å². The smallest absolute Gasteiger partial charge is 0.133 e. The maximum atomic E-state index is 5.83. The van der Waals surface area contributed by atoms with Crippen LogP contribution in [0.1, 0.15) is 5.69 Å². The van der Waals surface area contributed by atoms with Gasteiger partial charge in [0.1, 0.15) is 23.1 Å². The van der Waals surface area contributed by atoms with Crippen LogP contribution in [0, 0.1) is 3.57 Å². The fraction of sp³-hybridized carbons (Fsp3) is 0.118. The number of aromatic nitrogens is 1. The van der Waals surface area contributed by atoms with Crippen molar-refractivity contribution < 1.29 is 9.47 Å². The van der Waals surface area contributed by atoms with E-state index < -0.39 is 0 Å². The van der Waals surface area contributed by atoms with Crippen molar-refractivity contribution in [2.75, 3.05) is 7.11 Å². The van der Waals surface area contributed by atoms with Gasteiger partial charge in [0, 0.05) is 5.38 Å². The van der Waals surface area contributed by atoms with Gasteiger partial charge in [0.25, 0.3) is 0 Å². The molecule has 0 spiro atoms. The summed E-state index contributed by atoms with van der Waals surface area (Å²) in [4.78, 5) is 4.64. The van der Waals surface area contributed by atoms with Crippen LogP contribution in [0.3, 0.4) is 0 Å². The molecule has 22 heavy (non-hydrogen) atoms. The molecule has 0 radical (unpaired) electrons. The second kappa shape index (κ2) is 7.11. The topological polar surface area (TPSA) is 31.4 Å². The van der Waals surface area contributed by atoms with E-state index in [1.54, 1.807) is 18.4 Å². The Balaban J connectivity index is 1.75. The summed E-state index contributed by atoms with van der Waals surface area (Å²) >= 11 is 3.87. The normalized spacial score (nSPS) is 10.5. The van der Waals surface area contributed by atoms with Crippen molar-refractivity contribution in [1.29, 1.82) is 0 Å². The lowest BCUT2D eigenvalue weighted by atomic mass is 10.2. The van der Waals surface area contributed by atoms with Crippen molar-refractivity contribution in [3.8, 4) is 22.1 Å². The number of methoxy groups -OCH3 is 1. The van der Waals surface area contributed by atoms with Crippen LogP contribution in [0.2, 0.25) is 0 Å². The van der Waals surface area contributed by atoms with Crippen LogP contribution in [-0.2, 0) is 6.61 Å². The third-order valence-electron chi connectivity index (χ3n) is 3.10. The highest BCUT2D eigenvalue weighted by Crippen LogP contribution is 2.32. The molecule has 0 unspecified atom stereocenters. The van der Waals surface area contributed by atoms with Gasteiger partial charge in [0.05, 0.1) is 21.9 Å². The van der Waals surface area contributed by atoms with Gasteiger partial charge in [-0.05, 0) is 46.9 Å². The van der Waals surface area contributed by atoms with Crippen molar-refractivity contribution in [2.24, 2.45) is 0 Å². The lowest BCUT2D eigenvalue weighted by molar-refractivity contribution is 0.300. The lowest BCUT2D eigenvalue weighted by Gasteiger charge is -2.06. The molecule has 5 heteroatoms. The molecule has 1 aromatic heterocycles. The van der Waals surface area contributed by atoms with E-state index in [2.05, 4.69) is 27.6 Å². The van der Waals surface area contributed by atoms with E-state index in [1.807, 2.05) is 53.9 Å². The SMILES string of the molecule is COc1ccccc1-c1nc(COc2ccccc2I)cs1. The number of thiazole rings is 1. The number of nitrogens with zero attached hydrogens (tertiary/aromatic N) is 1. The van der Waals surface area contributed by atoms with Gasteiger partial charge in [-0.2, -0.15) is 0 Å². The summed E-state index contributed by atoms with van der Waals surface area (Å²) < 4.78 is 12.3. The average Bonchev–Trinajstić information content (AvgIpc) is 3.03. The average molecular weight is 423 g/mol. The third kappa shape index (κ3) is 3.41. The summed E-state index contributed by atoms with van der Waals surface area (Å²) in [7, 11) is 1.67. The summed E-state index contributed by atoms with van der Waals surface area (Å²) in [5.41, 5.74) is 1.93. The second-order valence-corrected chi connectivity index (χ2v) is 6.58. The quantitative estimate of drug-likeness (QED) is 0.542. The molecule has 3 aromatic rings. The van der Waals surface area contributed by atoms with Crippen LogP contribution < -0.4 is 9.47 Å². The Kier molecular flexibility index (Phi) is 4.94. The predicted molar refractivity (Wildman–Crippen MR) is 97.6 cm³/mol. The molecule has 0 saturated heterocycles. The molecule has 0 N–H and O–H groups in total. The first-order valence-electron chi connectivity index (χ1n) is 6.73. The van der Waals surface area contributed by atoms with Crippen LogP contribution in [0.5, 0.6) is 11.5 Å². The second-order valence-electron chi connectivity index (χ2n) is 4.56. The molecule has 0 atom stereocenters. The summed E-state index contributed by atoms with van der Waals surface area (Å²) in [5.74, 6) is 1.72. The number of hydrogen-bond donors (Lipinski definition) is 0. The first-order valence-corrected chi connectivity index (χ1v) is 8.69. The monoisotopic (exact) mass is 423 g/mol. The molecule has 2 aromatic carbocycles. The van der Waals surface area contributed by atoms with E-state index in [0.717, 1.165) is 31.3 Å². The van der Waals surface area contributed by atoms with Crippen LogP contribution >= 0.6 is 33.9 Å². The third-order valence-corrected chi connectivity index (χ3v) is 4.92. The minimum Gasteiger partial charge on any atom is -0.496 e. The van der Waals surface area contributed by atoms with Gasteiger partial charge in [0.15, 0.2) is 0 Å². The fourth-order valence-corrected chi connectivity index (χ4v) is 3.41. The molecule has 0 amide bonds. The Morgan fingerprint density at radius 3 is 2.55 bits per heavy atom. The molecule has 0 aliphatic rings. The van der Waals surface area contributed by atoms with Gasteiger partial charge in [-0.15, -0.1) is 11.3 Å². The molecule has 1 heterocycles. The minimum atomic E-state index is 0.464. The van der Waals surface area contributed by atoms with Gasteiger partial charge in [-0.1, -0.05) is 24.3 Å². The Morgan fingerprint density at radius 1 is 1.05 bits per heavy atom. The van der Waals surface area contributed by atoms with E-state index in [4.69, 9.17) is 9.47 Å². The number of para-hydroxylation sites is 2. The van der Waals surface area contributed by atoms with Gasteiger partial charge in [-0.3, -0.25) is 0 Å². The highest BCUT2D eigenvalue weighted by atomic mass is 127. The highest BCUT2D eigenvalue weighted by Gasteiger charge is 2.10. The van der Waals surface area contributed by atoms with Crippen LogP contribution in [0.25, 0.3) is 10.6 Å². The van der Waals surface area contributed by atoms with Gasteiger partial charge in [0.2, 0.25) is 0 Å². The first kappa shape index (κ1) is 15.3. The molecule has 3 nitrogen and oxygen atoms in total. The van der Waals surface area contributed by atoms with Gasteiger partial charge in [-0.25, -0.2) is 4.98 Å². The lowest BCUT2D eigenvalue weighted by Crippen LogP contribution is -1.97. The zero-order chi connectivity index (χ0) is 15.4. The van der Waals surface area contributed by atoms with Crippen molar-refractivity contribution >= 4 is 33.9 Å². The van der Waals surface area contributed by atoms with E-state index in [0.29, 0.717) is 6.61 Å². The maximum absolute atomic E-state index is 5.83. The highest BCUT2D eigenvalue weighted by molar-refractivity contribution is 14.1. The first-order chi connectivity index (χ1) is 10.8. The molecule has 0 aliphatic carbocycles. The number of benzene rings is 2. The standard InChI is InChI=1S/C17H14INO2S/c1-20-15-8-4-2-6-13(15)17-19-12(11-22-17)10-21-16-9-5-3-7-14(16)18/h2-9,11H,10H2,1H3. The summed E-state index contributed by atoms with van der Waals surface area (Å²) in [6.45, 7) is 0.464. The number of rotatable bonds is 5. The zero-order valence-electron chi connectivity index (χ0n) is 12.0. The van der Waals surface area contributed by atoms with Crippen LogP contribution in [0.4, 0.5) is 0 Å². The fourth-order valence-electron chi connectivity index (χ4n) is 2.03. The maximum Gasteiger partial charge on any atom is 0.133 e. The van der Waals surface area contributed by atoms with E-state index in [-0.39, 0.29) is 0 Å². The molecule has 0 aliphatic heterocycles. The number of hydrogen-bond acceptors (Lipinski definition) is 4. The van der Waals surface area contributed by atoms with E-state index in [1.165, 1.54) is 0 Å². The minimum absolute atomic E-state index is 0.464. The van der Waals surface area contributed by atoms with E-state index >= 15 is 0 Å². The molecule has 0 fully saturated rings. The number of ether oxygens (including phenoxy) is 2. The Labute approximate surface area is 147 Å². The summed E-state index contributed by atoms with van der Waals surface area (Å²) in [5, 5.41) is 2.97. The largest absolute Gasteiger partial charge is 0.496 e. The van der Waals surface area contributed by atoms with Crippen molar-refractivity contribution in [3.63, 3.8) is 0 Å². The van der Waals surface area contributed by atoms with Crippen molar-refractivity contribution in [3.05, 3.63) is 63.2 Å². The van der Waals surface area contributed by atoms with Gasteiger partial charge < -0.3 is 9.47 Å². The summed E-state index contributed by atoms with van der Waals surface area (Å²) in [6, 6.07) is 15.9. The predicted octanol–water partition coefficient (Wildman–Crippen LogP) is 5.00. The zero-order valence-corrected chi connectivity index (χ0v) is 14.9. The number of halogens is 1. The molecule has 0 saturated carbocycles. The molecule has 112 valence electrons. The molecular weight excluding hydrogens is 409 g/mol. The van der Waals surface area contributed by atoms with Crippen molar-refractivity contribution in [1.82, 2.24) is 4.98 Å². The van der Waals surface area contributed by atoms with Crippen LogP contribution in [-0.4, -0.2) is 12.1 Å². The Hall–Kier alpha value is -1.60. The van der Waals surface area contributed by atoms with Gasteiger partial charge >= 0.3 is 0 Å². The Morgan fingerprint density at radius 2 is 1.77 bits per heavy atom. The molecule has 0 bridgehead atoms. The summed E-state index contributed by atoms with van der Waals surface area (Å²) in [6.07, 6.45) is 0.